The Morgan fingerprint density at radius 2 is 1.93 bits per heavy atom. The highest BCUT2D eigenvalue weighted by molar-refractivity contribution is 7.90. The molecule has 1 aliphatic rings. The maximum Gasteiger partial charge on any atom is 0.407 e. The van der Waals surface area contributed by atoms with E-state index in [0.29, 0.717) is 30.8 Å². The SMILES string of the molecule is CCCC1CC(Oc2ccn(-c3ccc(S(C)(=O)=O)cc3)c(=O)c2)CCN1C(=O)O. The number of sulfone groups is 1. The summed E-state index contributed by atoms with van der Waals surface area (Å²) in [5, 5.41) is 9.36. The lowest BCUT2D eigenvalue weighted by atomic mass is 9.96. The van der Waals surface area contributed by atoms with E-state index in [0.717, 1.165) is 19.1 Å². The summed E-state index contributed by atoms with van der Waals surface area (Å²) in [6, 6.07) is 9.08. The molecule has 2 atom stereocenters. The summed E-state index contributed by atoms with van der Waals surface area (Å²) >= 11 is 0. The summed E-state index contributed by atoms with van der Waals surface area (Å²) in [5.41, 5.74) is 0.254. The average molecular weight is 435 g/mol. The fraction of sp³-hybridized carbons (Fsp3) is 0.429. The number of aromatic nitrogens is 1. The number of pyridine rings is 1. The van der Waals surface area contributed by atoms with Crippen molar-refractivity contribution in [3.63, 3.8) is 0 Å². The van der Waals surface area contributed by atoms with Gasteiger partial charge in [-0.05, 0) is 36.8 Å². The molecule has 0 saturated carbocycles. The zero-order valence-electron chi connectivity index (χ0n) is 17.0. The van der Waals surface area contributed by atoms with Crippen molar-refractivity contribution in [2.24, 2.45) is 0 Å². The van der Waals surface area contributed by atoms with E-state index in [9.17, 15) is 23.1 Å². The van der Waals surface area contributed by atoms with E-state index in [-0.39, 0.29) is 22.6 Å². The first-order valence-electron chi connectivity index (χ1n) is 9.88. The first-order chi connectivity index (χ1) is 14.2. The molecule has 1 saturated heterocycles. The van der Waals surface area contributed by atoms with Crippen molar-refractivity contribution in [1.82, 2.24) is 9.47 Å². The number of hydrogen-bond donors (Lipinski definition) is 1. The van der Waals surface area contributed by atoms with Gasteiger partial charge in [0, 0.05) is 49.6 Å². The van der Waals surface area contributed by atoms with Crippen LogP contribution in [0.15, 0.2) is 52.3 Å². The molecule has 0 spiro atoms. The Balaban J connectivity index is 1.73. The number of carboxylic acid groups (broad SMARTS) is 1. The van der Waals surface area contributed by atoms with E-state index in [1.165, 1.54) is 27.7 Å². The Labute approximate surface area is 175 Å². The molecule has 1 aliphatic heterocycles. The van der Waals surface area contributed by atoms with Crippen molar-refractivity contribution in [2.75, 3.05) is 12.8 Å². The molecule has 9 heteroatoms. The smallest absolute Gasteiger partial charge is 0.407 e. The molecule has 2 unspecified atom stereocenters. The summed E-state index contributed by atoms with van der Waals surface area (Å²) in [6.07, 6.45) is 4.48. The molecule has 3 rings (SSSR count). The predicted octanol–water partition coefficient (Wildman–Crippen LogP) is 2.93. The van der Waals surface area contributed by atoms with E-state index >= 15 is 0 Å². The third-order valence-electron chi connectivity index (χ3n) is 5.27. The van der Waals surface area contributed by atoms with Crippen LogP contribution in [0.1, 0.15) is 32.6 Å². The van der Waals surface area contributed by atoms with Crippen LogP contribution < -0.4 is 10.3 Å². The molecule has 2 aromatic rings. The molecule has 1 aromatic carbocycles. The number of likely N-dealkylation sites (tertiary alicyclic amines) is 1. The Hall–Kier alpha value is -2.81. The van der Waals surface area contributed by atoms with Crippen LogP contribution in [0.5, 0.6) is 5.75 Å². The number of ether oxygens (including phenoxy) is 1. The molecule has 2 heterocycles. The quantitative estimate of drug-likeness (QED) is 0.749. The van der Waals surface area contributed by atoms with E-state index < -0.39 is 15.9 Å². The van der Waals surface area contributed by atoms with Gasteiger partial charge in [-0.1, -0.05) is 13.3 Å². The van der Waals surface area contributed by atoms with Gasteiger partial charge < -0.3 is 14.7 Å². The van der Waals surface area contributed by atoms with E-state index in [1.807, 2.05) is 6.92 Å². The second kappa shape index (κ2) is 8.91. The van der Waals surface area contributed by atoms with Crippen LogP contribution in [0.2, 0.25) is 0 Å². The minimum absolute atomic E-state index is 0.0834. The van der Waals surface area contributed by atoms with Crippen molar-refractivity contribution < 1.29 is 23.1 Å². The zero-order chi connectivity index (χ0) is 21.9. The Morgan fingerprint density at radius 3 is 2.50 bits per heavy atom. The molecule has 0 radical (unpaired) electrons. The highest BCUT2D eigenvalue weighted by Gasteiger charge is 2.32. The van der Waals surface area contributed by atoms with Crippen molar-refractivity contribution in [3.8, 4) is 11.4 Å². The van der Waals surface area contributed by atoms with Gasteiger partial charge in [0.1, 0.15) is 11.9 Å². The molecule has 0 aliphatic carbocycles. The number of amides is 1. The summed E-state index contributed by atoms with van der Waals surface area (Å²) in [5.74, 6) is 0.438. The van der Waals surface area contributed by atoms with Crippen molar-refractivity contribution in [3.05, 3.63) is 52.9 Å². The summed E-state index contributed by atoms with van der Waals surface area (Å²) < 4.78 is 30.6. The van der Waals surface area contributed by atoms with Crippen LogP contribution in [0.3, 0.4) is 0 Å². The van der Waals surface area contributed by atoms with E-state index in [4.69, 9.17) is 4.74 Å². The van der Waals surface area contributed by atoms with Gasteiger partial charge in [-0.15, -0.1) is 0 Å². The van der Waals surface area contributed by atoms with Crippen LogP contribution in [0.25, 0.3) is 5.69 Å². The van der Waals surface area contributed by atoms with Crippen LogP contribution in [-0.4, -0.2) is 54.0 Å². The molecule has 0 bridgehead atoms. The molecule has 1 aromatic heterocycles. The minimum atomic E-state index is -3.30. The second-order valence-electron chi connectivity index (χ2n) is 7.52. The summed E-state index contributed by atoms with van der Waals surface area (Å²) in [6.45, 7) is 2.43. The first kappa shape index (κ1) is 21.9. The summed E-state index contributed by atoms with van der Waals surface area (Å²) in [4.78, 5) is 25.6. The maximum absolute atomic E-state index is 12.6. The highest BCUT2D eigenvalue weighted by atomic mass is 32.2. The van der Waals surface area contributed by atoms with Gasteiger partial charge in [0.25, 0.3) is 5.56 Å². The van der Waals surface area contributed by atoms with E-state index in [2.05, 4.69) is 0 Å². The highest BCUT2D eigenvalue weighted by Crippen LogP contribution is 2.25. The van der Waals surface area contributed by atoms with Crippen molar-refractivity contribution in [1.29, 1.82) is 0 Å². The number of rotatable bonds is 6. The third kappa shape index (κ3) is 5.02. The van der Waals surface area contributed by atoms with Crippen LogP contribution in [0.4, 0.5) is 4.79 Å². The summed E-state index contributed by atoms with van der Waals surface area (Å²) in [7, 11) is -3.30. The standard InChI is InChI=1S/C21H26N2O6S/c1-3-4-16-13-17(10-12-23(16)21(25)26)29-18-9-11-22(20(24)14-18)15-5-7-19(8-6-15)30(2,27)28/h5-9,11,14,16-17H,3-4,10,12-13H2,1-2H3,(H,25,26). The first-order valence-corrected chi connectivity index (χ1v) is 11.8. The molecule has 8 nitrogen and oxygen atoms in total. The Kier molecular flexibility index (Phi) is 6.50. The molecule has 1 N–H and O–H groups in total. The molecule has 30 heavy (non-hydrogen) atoms. The number of benzene rings is 1. The average Bonchev–Trinajstić information content (AvgIpc) is 2.68. The Morgan fingerprint density at radius 1 is 1.23 bits per heavy atom. The van der Waals surface area contributed by atoms with Crippen LogP contribution >= 0.6 is 0 Å². The fourth-order valence-electron chi connectivity index (χ4n) is 3.77. The van der Waals surface area contributed by atoms with Gasteiger partial charge in [-0.3, -0.25) is 9.36 Å². The van der Waals surface area contributed by atoms with Crippen molar-refractivity contribution >= 4 is 15.9 Å². The fourth-order valence-corrected chi connectivity index (χ4v) is 4.40. The lowest BCUT2D eigenvalue weighted by Gasteiger charge is -2.37. The molecule has 1 amide bonds. The van der Waals surface area contributed by atoms with Crippen molar-refractivity contribution in [2.45, 2.75) is 49.6 Å². The van der Waals surface area contributed by atoms with Crippen LogP contribution in [0, 0.1) is 0 Å². The topological polar surface area (TPSA) is 106 Å². The molecular weight excluding hydrogens is 408 g/mol. The third-order valence-corrected chi connectivity index (χ3v) is 6.40. The molecule has 1 fully saturated rings. The lowest BCUT2D eigenvalue weighted by molar-refractivity contribution is 0.0511. The van der Waals surface area contributed by atoms with Gasteiger partial charge >= 0.3 is 6.09 Å². The van der Waals surface area contributed by atoms with Gasteiger partial charge in [-0.2, -0.15) is 0 Å². The Bertz CT molecular complexity index is 1060. The molecular formula is C21H26N2O6S. The van der Waals surface area contributed by atoms with E-state index in [1.54, 1.807) is 24.4 Å². The van der Waals surface area contributed by atoms with Gasteiger partial charge in [0.15, 0.2) is 9.84 Å². The van der Waals surface area contributed by atoms with Crippen LogP contribution in [-0.2, 0) is 9.84 Å². The number of carbonyl (C=O) groups is 1. The predicted molar refractivity (Wildman–Crippen MR) is 112 cm³/mol. The normalized spacial score (nSPS) is 19.5. The van der Waals surface area contributed by atoms with Gasteiger partial charge in [0.2, 0.25) is 0 Å². The lowest BCUT2D eigenvalue weighted by Crippen LogP contribution is -2.48. The molecule has 162 valence electrons. The zero-order valence-corrected chi connectivity index (χ0v) is 17.8. The number of nitrogens with zero attached hydrogens (tertiary/aromatic N) is 2. The second-order valence-corrected chi connectivity index (χ2v) is 9.54. The number of piperidine rings is 1. The minimum Gasteiger partial charge on any atom is -0.490 e. The van der Waals surface area contributed by atoms with Gasteiger partial charge in [-0.25, -0.2) is 13.2 Å². The monoisotopic (exact) mass is 434 g/mol. The largest absolute Gasteiger partial charge is 0.490 e. The maximum atomic E-state index is 12.6. The number of hydrogen-bond acceptors (Lipinski definition) is 5. The van der Waals surface area contributed by atoms with Gasteiger partial charge in [0.05, 0.1) is 4.90 Å².